The molecule has 0 saturated heterocycles. The van der Waals surface area contributed by atoms with Crippen molar-refractivity contribution in [1.82, 2.24) is 0 Å². The summed E-state index contributed by atoms with van der Waals surface area (Å²) in [5, 5.41) is 9.89. The van der Waals surface area contributed by atoms with Gasteiger partial charge in [-0.3, -0.25) is 0 Å². The number of rotatable bonds is 4. The zero-order valence-electron chi connectivity index (χ0n) is 9.53. The van der Waals surface area contributed by atoms with Crippen molar-refractivity contribution in [2.24, 2.45) is 0 Å². The quantitative estimate of drug-likeness (QED) is 0.767. The Hall–Kier alpha value is -1.28. The first kappa shape index (κ1) is 11.8. The number of hydrogen-bond donors (Lipinski definition) is 1. The van der Waals surface area contributed by atoms with E-state index in [4.69, 9.17) is 4.74 Å². The molecule has 0 spiro atoms. The molecule has 0 radical (unpaired) electrons. The molecule has 82 valence electrons. The van der Waals surface area contributed by atoms with Crippen LogP contribution in [-0.2, 0) is 0 Å². The maximum Gasteiger partial charge on any atom is 0.119 e. The van der Waals surface area contributed by atoms with Gasteiger partial charge < -0.3 is 9.84 Å². The van der Waals surface area contributed by atoms with Gasteiger partial charge in [0.2, 0.25) is 0 Å². The Morgan fingerprint density at radius 3 is 2.80 bits per heavy atom. The Kier molecular flexibility index (Phi) is 4.37. The van der Waals surface area contributed by atoms with E-state index in [0.29, 0.717) is 6.42 Å². The second kappa shape index (κ2) is 5.56. The van der Waals surface area contributed by atoms with Crippen molar-refractivity contribution < 1.29 is 9.84 Å². The Labute approximate surface area is 91.2 Å². The summed E-state index contributed by atoms with van der Waals surface area (Å²) in [7, 11) is 1.63. The average Bonchev–Trinajstić information content (AvgIpc) is 2.26. The molecule has 2 nitrogen and oxygen atoms in total. The number of aliphatic hydroxyl groups excluding tert-OH is 1. The number of benzene rings is 1. The molecule has 0 bridgehead atoms. The van der Waals surface area contributed by atoms with Gasteiger partial charge >= 0.3 is 0 Å². The van der Waals surface area contributed by atoms with Gasteiger partial charge in [0.15, 0.2) is 0 Å². The Morgan fingerprint density at radius 2 is 2.20 bits per heavy atom. The lowest BCUT2D eigenvalue weighted by molar-refractivity contribution is 0.181. The molecule has 0 amide bonds. The van der Waals surface area contributed by atoms with Gasteiger partial charge in [0.25, 0.3) is 0 Å². The SMILES string of the molecule is COc1cccc([C@H](O)CC=C(C)C)c1. The first-order chi connectivity index (χ1) is 7.13. The van der Waals surface area contributed by atoms with E-state index in [1.54, 1.807) is 7.11 Å². The monoisotopic (exact) mass is 206 g/mol. The van der Waals surface area contributed by atoms with Gasteiger partial charge in [0, 0.05) is 0 Å². The van der Waals surface area contributed by atoms with Crippen LogP contribution in [0.3, 0.4) is 0 Å². The summed E-state index contributed by atoms with van der Waals surface area (Å²) in [6, 6.07) is 7.53. The van der Waals surface area contributed by atoms with Crippen molar-refractivity contribution in [2.45, 2.75) is 26.4 Å². The minimum absolute atomic E-state index is 0.449. The lowest BCUT2D eigenvalue weighted by atomic mass is 10.1. The predicted molar refractivity (Wildman–Crippen MR) is 62.0 cm³/mol. The highest BCUT2D eigenvalue weighted by Gasteiger charge is 2.06. The van der Waals surface area contributed by atoms with E-state index >= 15 is 0 Å². The zero-order chi connectivity index (χ0) is 11.3. The van der Waals surface area contributed by atoms with Crippen LogP contribution in [0.15, 0.2) is 35.9 Å². The third-order valence-electron chi connectivity index (χ3n) is 2.23. The molecule has 1 N–H and O–H groups in total. The average molecular weight is 206 g/mol. The molecule has 0 aliphatic carbocycles. The van der Waals surface area contributed by atoms with Crippen molar-refractivity contribution >= 4 is 0 Å². The van der Waals surface area contributed by atoms with Crippen LogP contribution in [0.2, 0.25) is 0 Å². The van der Waals surface area contributed by atoms with Crippen LogP contribution in [0.4, 0.5) is 0 Å². The summed E-state index contributed by atoms with van der Waals surface area (Å²) in [5.74, 6) is 0.781. The standard InChI is InChI=1S/C13H18O2/c1-10(2)7-8-13(14)11-5-4-6-12(9-11)15-3/h4-7,9,13-14H,8H2,1-3H3/t13-/m1/s1. The number of aliphatic hydroxyl groups is 1. The normalized spacial score (nSPS) is 12.0. The van der Waals surface area contributed by atoms with Crippen LogP contribution in [-0.4, -0.2) is 12.2 Å². The van der Waals surface area contributed by atoms with Crippen LogP contribution >= 0.6 is 0 Å². The van der Waals surface area contributed by atoms with Crippen molar-refractivity contribution in [3.05, 3.63) is 41.5 Å². The molecule has 1 aromatic carbocycles. The summed E-state index contributed by atoms with van der Waals surface area (Å²) in [5.41, 5.74) is 2.11. The fraction of sp³-hybridized carbons (Fsp3) is 0.385. The molecule has 1 rings (SSSR count). The third kappa shape index (κ3) is 3.76. The molecule has 1 aromatic rings. The molecule has 0 heterocycles. The number of allylic oxidation sites excluding steroid dienone is 1. The van der Waals surface area contributed by atoms with E-state index in [9.17, 15) is 5.11 Å². The summed E-state index contributed by atoms with van der Waals surface area (Å²) in [6.45, 7) is 4.05. The molecular formula is C13H18O2. The molecule has 1 atom stereocenters. The van der Waals surface area contributed by atoms with Crippen LogP contribution in [0.25, 0.3) is 0 Å². The Balaban J connectivity index is 2.72. The molecule has 0 aliphatic heterocycles. The zero-order valence-corrected chi connectivity index (χ0v) is 9.53. The van der Waals surface area contributed by atoms with E-state index < -0.39 is 6.10 Å². The summed E-state index contributed by atoms with van der Waals surface area (Å²) in [4.78, 5) is 0. The second-order valence-electron chi connectivity index (χ2n) is 3.81. The van der Waals surface area contributed by atoms with E-state index in [0.717, 1.165) is 11.3 Å². The molecule has 0 unspecified atom stereocenters. The Morgan fingerprint density at radius 1 is 1.47 bits per heavy atom. The van der Waals surface area contributed by atoms with Crippen molar-refractivity contribution in [1.29, 1.82) is 0 Å². The number of ether oxygens (including phenoxy) is 1. The van der Waals surface area contributed by atoms with Crippen molar-refractivity contribution in [3.8, 4) is 5.75 Å². The van der Waals surface area contributed by atoms with E-state index in [1.807, 2.05) is 44.2 Å². The van der Waals surface area contributed by atoms with E-state index in [-0.39, 0.29) is 0 Å². The van der Waals surface area contributed by atoms with Crippen molar-refractivity contribution in [3.63, 3.8) is 0 Å². The number of methoxy groups -OCH3 is 1. The largest absolute Gasteiger partial charge is 0.497 e. The smallest absolute Gasteiger partial charge is 0.119 e. The van der Waals surface area contributed by atoms with Gasteiger partial charge in [-0.2, -0.15) is 0 Å². The van der Waals surface area contributed by atoms with Gasteiger partial charge in [-0.25, -0.2) is 0 Å². The highest BCUT2D eigenvalue weighted by Crippen LogP contribution is 2.21. The van der Waals surface area contributed by atoms with E-state index in [2.05, 4.69) is 0 Å². The van der Waals surface area contributed by atoms with Gasteiger partial charge in [-0.1, -0.05) is 23.8 Å². The van der Waals surface area contributed by atoms with Gasteiger partial charge in [-0.05, 0) is 38.0 Å². The molecule has 0 aromatic heterocycles. The maximum atomic E-state index is 9.89. The Bertz CT molecular complexity index is 338. The fourth-order valence-electron chi connectivity index (χ4n) is 1.33. The lowest BCUT2D eigenvalue weighted by Crippen LogP contribution is -1.96. The molecular weight excluding hydrogens is 188 g/mol. The van der Waals surface area contributed by atoms with Gasteiger partial charge in [-0.15, -0.1) is 0 Å². The van der Waals surface area contributed by atoms with Gasteiger partial charge in [0.05, 0.1) is 13.2 Å². The first-order valence-corrected chi connectivity index (χ1v) is 5.09. The van der Waals surface area contributed by atoms with Crippen LogP contribution in [0.5, 0.6) is 5.75 Å². The van der Waals surface area contributed by atoms with Crippen LogP contribution in [0.1, 0.15) is 31.9 Å². The predicted octanol–water partition coefficient (Wildman–Crippen LogP) is 3.08. The molecule has 0 fully saturated rings. The molecule has 0 saturated carbocycles. The fourth-order valence-corrected chi connectivity index (χ4v) is 1.33. The molecule has 0 aliphatic rings. The molecule has 15 heavy (non-hydrogen) atoms. The minimum atomic E-state index is -0.449. The molecule has 2 heteroatoms. The van der Waals surface area contributed by atoms with Crippen LogP contribution < -0.4 is 4.74 Å². The second-order valence-corrected chi connectivity index (χ2v) is 3.81. The third-order valence-corrected chi connectivity index (χ3v) is 2.23. The highest BCUT2D eigenvalue weighted by atomic mass is 16.5. The van der Waals surface area contributed by atoms with Crippen LogP contribution in [0, 0.1) is 0 Å². The highest BCUT2D eigenvalue weighted by molar-refractivity contribution is 5.30. The van der Waals surface area contributed by atoms with E-state index in [1.165, 1.54) is 5.57 Å². The summed E-state index contributed by atoms with van der Waals surface area (Å²) < 4.78 is 5.10. The summed E-state index contributed by atoms with van der Waals surface area (Å²) >= 11 is 0. The van der Waals surface area contributed by atoms with Crippen molar-refractivity contribution in [2.75, 3.05) is 7.11 Å². The van der Waals surface area contributed by atoms with Gasteiger partial charge in [0.1, 0.15) is 5.75 Å². The lowest BCUT2D eigenvalue weighted by Gasteiger charge is -2.10. The first-order valence-electron chi connectivity index (χ1n) is 5.09. The summed E-state index contributed by atoms with van der Waals surface area (Å²) in [6.07, 6.45) is 2.23. The maximum absolute atomic E-state index is 9.89. The minimum Gasteiger partial charge on any atom is -0.497 e. The number of hydrogen-bond acceptors (Lipinski definition) is 2. The topological polar surface area (TPSA) is 29.5 Å².